The number of ether oxygens (including phenoxy) is 1. The fourth-order valence-corrected chi connectivity index (χ4v) is 1.59. The number of halogens is 2. The maximum absolute atomic E-state index is 10.7. The second kappa shape index (κ2) is 7.32. The van der Waals surface area contributed by atoms with Crippen LogP contribution in [0.2, 0.25) is 0 Å². The van der Waals surface area contributed by atoms with Crippen molar-refractivity contribution in [2.45, 2.75) is 18.6 Å². The van der Waals surface area contributed by atoms with Gasteiger partial charge in [-0.2, -0.15) is 0 Å². The Bertz CT molecular complexity index is 351. The Morgan fingerprint density at radius 2 is 2.06 bits per heavy atom. The summed E-state index contributed by atoms with van der Waals surface area (Å²) in [5.74, 6) is -0.0985. The summed E-state index contributed by atoms with van der Waals surface area (Å²) >= 11 is 0. The summed E-state index contributed by atoms with van der Waals surface area (Å²) in [6.07, 6.45) is 3.71. The molecule has 1 aliphatic heterocycles. The summed E-state index contributed by atoms with van der Waals surface area (Å²) in [5.41, 5.74) is 0. The van der Waals surface area contributed by atoms with Gasteiger partial charge in [-0.25, -0.2) is 0 Å². The van der Waals surface area contributed by atoms with Crippen LogP contribution in [0.1, 0.15) is 6.42 Å². The lowest BCUT2D eigenvalue weighted by Crippen LogP contribution is -2.30. The molecule has 1 saturated heterocycles. The van der Waals surface area contributed by atoms with Crippen LogP contribution in [0.5, 0.6) is 5.75 Å². The number of carboxylic acid groups (broad SMARTS) is 1. The van der Waals surface area contributed by atoms with Crippen LogP contribution in [0.4, 0.5) is 0 Å². The highest BCUT2D eigenvalue weighted by molar-refractivity contribution is 5.85. The van der Waals surface area contributed by atoms with E-state index < -0.39 is 12.0 Å². The fourth-order valence-electron chi connectivity index (χ4n) is 1.59. The molecule has 2 atom stereocenters. The fraction of sp³-hybridized carbons (Fsp3) is 0.400. The molecule has 5 nitrogen and oxygen atoms in total. The molecule has 0 spiro atoms. The Labute approximate surface area is 111 Å². The van der Waals surface area contributed by atoms with Crippen molar-refractivity contribution >= 4 is 30.8 Å². The van der Waals surface area contributed by atoms with Gasteiger partial charge in [0.25, 0.3) is 0 Å². The number of carboxylic acids is 1. The van der Waals surface area contributed by atoms with Crippen molar-refractivity contribution in [3.8, 4) is 5.75 Å². The molecule has 96 valence electrons. The molecule has 2 heterocycles. The van der Waals surface area contributed by atoms with E-state index in [9.17, 15) is 4.79 Å². The molecule has 0 radical (unpaired) electrons. The van der Waals surface area contributed by atoms with Crippen LogP contribution in [0.15, 0.2) is 24.5 Å². The van der Waals surface area contributed by atoms with Gasteiger partial charge in [0.15, 0.2) is 0 Å². The van der Waals surface area contributed by atoms with Crippen LogP contribution in [0.3, 0.4) is 0 Å². The molecule has 1 fully saturated rings. The molecular weight excluding hydrogens is 267 g/mol. The molecule has 0 unspecified atom stereocenters. The largest absolute Gasteiger partial charge is 0.489 e. The Morgan fingerprint density at radius 1 is 1.41 bits per heavy atom. The second-order valence-corrected chi connectivity index (χ2v) is 3.46. The van der Waals surface area contributed by atoms with Crippen molar-refractivity contribution in [3.05, 3.63) is 24.5 Å². The van der Waals surface area contributed by atoms with Gasteiger partial charge in [0.05, 0.1) is 0 Å². The summed E-state index contributed by atoms with van der Waals surface area (Å²) in [6.45, 7) is 0.569. The number of nitrogens with zero attached hydrogens (tertiary/aromatic N) is 1. The van der Waals surface area contributed by atoms with E-state index in [1.165, 1.54) is 0 Å². The summed E-state index contributed by atoms with van der Waals surface area (Å²) in [4.78, 5) is 14.5. The molecule has 1 aliphatic rings. The molecule has 0 amide bonds. The Morgan fingerprint density at radius 3 is 2.59 bits per heavy atom. The van der Waals surface area contributed by atoms with Gasteiger partial charge in [-0.05, 0) is 12.1 Å². The van der Waals surface area contributed by atoms with E-state index in [4.69, 9.17) is 9.84 Å². The van der Waals surface area contributed by atoms with Crippen molar-refractivity contribution in [1.82, 2.24) is 10.3 Å². The standard InChI is InChI=1S/C10H12N2O3.2ClH/c13-10(14)9-5-8(6-12-9)15-7-1-3-11-4-2-7;;/h1-4,8-9,12H,5-6H2,(H,13,14);2*1H/t8-,9-;;/m0../s1. The number of aliphatic carboxylic acids is 1. The molecule has 0 bridgehead atoms. The van der Waals surface area contributed by atoms with Crippen molar-refractivity contribution in [2.75, 3.05) is 6.54 Å². The number of nitrogens with one attached hydrogen (secondary N) is 1. The van der Waals surface area contributed by atoms with E-state index in [1.54, 1.807) is 24.5 Å². The van der Waals surface area contributed by atoms with Gasteiger partial charge in [-0.15, -0.1) is 24.8 Å². The quantitative estimate of drug-likeness (QED) is 0.868. The van der Waals surface area contributed by atoms with Crippen LogP contribution >= 0.6 is 24.8 Å². The van der Waals surface area contributed by atoms with Crippen LogP contribution < -0.4 is 10.1 Å². The zero-order chi connectivity index (χ0) is 10.7. The zero-order valence-corrected chi connectivity index (χ0v) is 10.5. The minimum atomic E-state index is -0.823. The molecule has 1 aromatic rings. The molecular formula is C10H14Cl2N2O3. The van der Waals surface area contributed by atoms with Crippen molar-refractivity contribution in [3.63, 3.8) is 0 Å². The van der Waals surface area contributed by atoms with E-state index in [0.29, 0.717) is 13.0 Å². The summed E-state index contributed by atoms with van der Waals surface area (Å²) in [6, 6.07) is 3.03. The number of rotatable bonds is 3. The first-order chi connectivity index (χ1) is 7.25. The van der Waals surface area contributed by atoms with E-state index in [0.717, 1.165) is 5.75 Å². The third kappa shape index (κ3) is 4.38. The first-order valence-corrected chi connectivity index (χ1v) is 4.78. The van der Waals surface area contributed by atoms with Gasteiger partial charge in [-0.1, -0.05) is 0 Å². The van der Waals surface area contributed by atoms with E-state index in [2.05, 4.69) is 10.3 Å². The van der Waals surface area contributed by atoms with Gasteiger partial charge in [0.1, 0.15) is 17.9 Å². The lowest BCUT2D eigenvalue weighted by molar-refractivity contribution is -0.139. The predicted molar refractivity (Wildman–Crippen MR) is 67.2 cm³/mol. The third-order valence-corrected chi connectivity index (χ3v) is 2.34. The summed E-state index contributed by atoms with van der Waals surface area (Å²) in [7, 11) is 0. The van der Waals surface area contributed by atoms with Gasteiger partial charge in [0, 0.05) is 25.4 Å². The van der Waals surface area contributed by atoms with Gasteiger partial charge in [-0.3, -0.25) is 9.78 Å². The SMILES string of the molecule is Cl.Cl.O=C(O)[C@@H]1C[C@H](Oc2ccncc2)CN1. The van der Waals surface area contributed by atoms with Gasteiger partial charge >= 0.3 is 5.97 Å². The Kier molecular flexibility index (Phi) is 6.87. The first-order valence-electron chi connectivity index (χ1n) is 4.78. The van der Waals surface area contributed by atoms with Crippen LogP contribution in [0.25, 0.3) is 0 Å². The van der Waals surface area contributed by atoms with Crippen molar-refractivity contribution in [2.24, 2.45) is 0 Å². The third-order valence-electron chi connectivity index (χ3n) is 2.34. The van der Waals surface area contributed by atoms with Crippen molar-refractivity contribution in [1.29, 1.82) is 0 Å². The highest BCUT2D eigenvalue weighted by atomic mass is 35.5. The topological polar surface area (TPSA) is 71.5 Å². The molecule has 0 saturated carbocycles. The average molecular weight is 281 g/mol. The van der Waals surface area contributed by atoms with E-state index >= 15 is 0 Å². The summed E-state index contributed by atoms with van der Waals surface area (Å²) < 4.78 is 5.59. The monoisotopic (exact) mass is 280 g/mol. The molecule has 0 aromatic carbocycles. The van der Waals surface area contributed by atoms with Crippen LogP contribution in [-0.4, -0.2) is 34.8 Å². The number of hydrogen-bond acceptors (Lipinski definition) is 4. The van der Waals surface area contributed by atoms with E-state index in [1.807, 2.05) is 0 Å². The summed E-state index contributed by atoms with van der Waals surface area (Å²) in [5, 5.41) is 11.7. The minimum absolute atomic E-state index is 0. The number of pyridine rings is 1. The second-order valence-electron chi connectivity index (χ2n) is 3.46. The van der Waals surface area contributed by atoms with Gasteiger partial charge in [0.2, 0.25) is 0 Å². The first kappa shape index (κ1) is 16.0. The molecule has 7 heteroatoms. The molecule has 1 aromatic heterocycles. The smallest absolute Gasteiger partial charge is 0.320 e. The molecule has 2 rings (SSSR count). The zero-order valence-electron chi connectivity index (χ0n) is 8.91. The minimum Gasteiger partial charge on any atom is -0.489 e. The van der Waals surface area contributed by atoms with E-state index in [-0.39, 0.29) is 30.9 Å². The lowest BCUT2D eigenvalue weighted by Gasteiger charge is -2.11. The normalized spacial score (nSPS) is 22.1. The van der Waals surface area contributed by atoms with Crippen LogP contribution in [-0.2, 0) is 4.79 Å². The maximum Gasteiger partial charge on any atom is 0.320 e. The molecule has 17 heavy (non-hydrogen) atoms. The molecule has 2 N–H and O–H groups in total. The number of aromatic nitrogens is 1. The number of carbonyl (C=O) groups is 1. The average Bonchev–Trinajstić information content (AvgIpc) is 2.68. The highest BCUT2D eigenvalue weighted by Crippen LogP contribution is 2.15. The molecule has 0 aliphatic carbocycles. The Balaban J connectivity index is 0.00000128. The highest BCUT2D eigenvalue weighted by Gasteiger charge is 2.30. The predicted octanol–water partition coefficient (Wildman–Crippen LogP) is 1.12. The van der Waals surface area contributed by atoms with Gasteiger partial charge < -0.3 is 15.2 Å². The lowest BCUT2D eigenvalue weighted by atomic mass is 10.2. The Hall–Kier alpha value is -1.04. The number of hydrogen-bond donors (Lipinski definition) is 2. The van der Waals surface area contributed by atoms with Crippen LogP contribution in [0, 0.1) is 0 Å². The maximum atomic E-state index is 10.7. The van der Waals surface area contributed by atoms with Crippen molar-refractivity contribution < 1.29 is 14.6 Å².